The number of rotatable bonds is 4. The molecule has 1 saturated carbocycles. The van der Waals surface area contributed by atoms with Gasteiger partial charge in [0, 0.05) is 11.3 Å². The van der Waals surface area contributed by atoms with Gasteiger partial charge in [-0.15, -0.1) is 5.10 Å². The molecule has 4 rings (SSSR count). The van der Waals surface area contributed by atoms with Crippen molar-refractivity contribution in [3.63, 3.8) is 0 Å². The molecule has 1 amide bonds. The quantitative estimate of drug-likeness (QED) is 0.703. The van der Waals surface area contributed by atoms with Gasteiger partial charge in [0.1, 0.15) is 0 Å². The molecule has 0 saturated heterocycles. The molecule has 1 fully saturated rings. The third-order valence-electron chi connectivity index (χ3n) is 4.04. The molecule has 0 spiro atoms. The van der Waals surface area contributed by atoms with E-state index in [1.54, 1.807) is 28.9 Å². The topological polar surface area (TPSA) is 72.7 Å². The molecule has 1 aliphatic carbocycles. The summed E-state index contributed by atoms with van der Waals surface area (Å²) in [4.78, 5) is 12.2. The molecular weight excluding hydrogens is 364 g/mol. The molecule has 0 atom stereocenters. The first kappa shape index (κ1) is 16.6. The van der Waals surface area contributed by atoms with Crippen LogP contribution >= 0.6 is 11.6 Å². The second-order valence-corrected chi connectivity index (χ2v) is 6.36. The molecule has 2 aromatic carbocycles. The second kappa shape index (κ2) is 6.45. The fourth-order valence-corrected chi connectivity index (χ4v) is 2.78. The summed E-state index contributed by atoms with van der Waals surface area (Å²) in [5, 5.41) is 14.2. The van der Waals surface area contributed by atoms with E-state index in [0.29, 0.717) is 17.6 Å². The molecule has 0 aliphatic heterocycles. The van der Waals surface area contributed by atoms with E-state index in [0.717, 1.165) is 30.5 Å². The van der Waals surface area contributed by atoms with Gasteiger partial charge >= 0.3 is 0 Å². The van der Waals surface area contributed by atoms with E-state index in [4.69, 9.17) is 11.6 Å². The van der Waals surface area contributed by atoms with Crippen LogP contribution in [0.1, 0.15) is 29.2 Å². The number of anilines is 1. The number of hydrogen-bond donors (Lipinski definition) is 1. The van der Waals surface area contributed by atoms with Gasteiger partial charge in [0.25, 0.3) is 5.91 Å². The van der Waals surface area contributed by atoms with E-state index in [1.165, 1.54) is 0 Å². The molecule has 0 radical (unpaired) electrons. The zero-order valence-corrected chi connectivity index (χ0v) is 14.0. The Morgan fingerprint density at radius 3 is 2.54 bits per heavy atom. The first-order valence-corrected chi connectivity index (χ1v) is 8.25. The maximum absolute atomic E-state index is 13.3. The Hall–Kier alpha value is -2.87. The SMILES string of the molecule is O=C(Nc1ccc(-c2nnnn2C2CC2)cc1)c1cc(F)c(F)cc1Cl. The molecule has 1 aromatic heterocycles. The van der Waals surface area contributed by atoms with E-state index in [9.17, 15) is 13.6 Å². The Kier molecular flexibility index (Phi) is 4.12. The van der Waals surface area contributed by atoms with Crippen LogP contribution in [0.25, 0.3) is 11.4 Å². The lowest BCUT2D eigenvalue weighted by atomic mass is 10.1. The van der Waals surface area contributed by atoms with Gasteiger partial charge in [-0.2, -0.15) is 0 Å². The number of amides is 1. The molecule has 1 heterocycles. The zero-order chi connectivity index (χ0) is 18.3. The summed E-state index contributed by atoms with van der Waals surface area (Å²) < 4.78 is 28.2. The minimum Gasteiger partial charge on any atom is -0.322 e. The lowest BCUT2D eigenvalue weighted by Gasteiger charge is -2.08. The fraction of sp³-hybridized carbons (Fsp3) is 0.176. The second-order valence-electron chi connectivity index (χ2n) is 5.96. The van der Waals surface area contributed by atoms with E-state index in [1.807, 2.05) is 0 Å². The standard InChI is InChI=1S/C17H12ClF2N5O/c18-13-8-15(20)14(19)7-12(13)17(26)21-10-3-1-9(2-4-10)16-22-23-24-25(16)11-5-6-11/h1-4,7-8,11H,5-6H2,(H,21,26). The first-order valence-electron chi connectivity index (χ1n) is 7.87. The number of halogens is 3. The van der Waals surface area contributed by atoms with Gasteiger partial charge in [-0.1, -0.05) is 11.6 Å². The summed E-state index contributed by atoms with van der Waals surface area (Å²) in [6.07, 6.45) is 2.11. The Morgan fingerprint density at radius 2 is 1.85 bits per heavy atom. The highest BCUT2D eigenvalue weighted by atomic mass is 35.5. The van der Waals surface area contributed by atoms with Crippen molar-refractivity contribution in [2.24, 2.45) is 0 Å². The average molecular weight is 376 g/mol. The van der Waals surface area contributed by atoms with E-state index in [-0.39, 0.29) is 10.6 Å². The number of nitrogens with one attached hydrogen (secondary N) is 1. The van der Waals surface area contributed by atoms with Gasteiger partial charge in [0.15, 0.2) is 17.5 Å². The third kappa shape index (κ3) is 3.15. The summed E-state index contributed by atoms with van der Waals surface area (Å²) in [7, 11) is 0. The largest absolute Gasteiger partial charge is 0.322 e. The third-order valence-corrected chi connectivity index (χ3v) is 4.35. The normalized spacial score (nSPS) is 13.7. The van der Waals surface area contributed by atoms with Gasteiger partial charge in [0.05, 0.1) is 16.6 Å². The van der Waals surface area contributed by atoms with Gasteiger partial charge in [-0.05, 0) is 59.7 Å². The number of hydrogen-bond acceptors (Lipinski definition) is 4. The van der Waals surface area contributed by atoms with Crippen LogP contribution in [0, 0.1) is 11.6 Å². The molecule has 26 heavy (non-hydrogen) atoms. The number of nitrogens with zero attached hydrogens (tertiary/aromatic N) is 4. The maximum atomic E-state index is 13.3. The van der Waals surface area contributed by atoms with Gasteiger partial charge < -0.3 is 5.32 Å². The molecule has 6 nitrogen and oxygen atoms in total. The van der Waals surface area contributed by atoms with Gasteiger partial charge in [-0.3, -0.25) is 4.79 Å². The fourth-order valence-electron chi connectivity index (χ4n) is 2.55. The number of tetrazole rings is 1. The maximum Gasteiger partial charge on any atom is 0.257 e. The van der Waals surface area contributed by atoms with E-state index in [2.05, 4.69) is 20.8 Å². The lowest BCUT2D eigenvalue weighted by molar-refractivity contribution is 0.102. The first-order chi connectivity index (χ1) is 12.5. The van der Waals surface area contributed by atoms with E-state index >= 15 is 0 Å². The smallest absolute Gasteiger partial charge is 0.257 e. The summed E-state index contributed by atoms with van der Waals surface area (Å²) in [5.74, 6) is -2.22. The lowest BCUT2D eigenvalue weighted by Crippen LogP contribution is -2.13. The molecular formula is C17H12ClF2N5O. The molecule has 3 aromatic rings. The molecule has 1 N–H and O–H groups in total. The van der Waals surface area contributed by atoms with Crippen LogP contribution in [0.5, 0.6) is 0 Å². The number of carbonyl (C=O) groups is 1. The highest BCUT2D eigenvalue weighted by Crippen LogP contribution is 2.36. The average Bonchev–Trinajstić information content (AvgIpc) is 3.35. The van der Waals surface area contributed by atoms with Crippen LogP contribution in [0.2, 0.25) is 5.02 Å². The summed E-state index contributed by atoms with van der Waals surface area (Å²) in [6.45, 7) is 0. The molecule has 0 bridgehead atoms. The van der Waals surface area contributed by atoms with Crippen molar-refractivity contribution < 1.29 is 13.6 Å². The summed E-state index contributed by atoms with van der Waals surface area (Å²) in [5.41, 5.74) is 1.14. The van der Waals surface area contributed by atoms with Crippen molar-refractivity contribution in [1.82, 2.24) is 20.2 Å². The predicted octanol–water partition coefficient (Wildman–Crippen LogP) is 3.86. The van der Waals surface area contributed by atoms with Crippen molar-refractivity contribution in [2.75, 3.05) is 5.32 Å². The Balaban J connectivity index is 1.53. The zero-order valence-electron chi connectivity index (χ0n) is 13.3. The van der Waals surface area contributed by atoms with Crippen LogP contribution < -0.4 is 5.32 Å². The van der Waals surface area contributed by atoms with Gasteiger partial charge in [0.2, 0.25) is 0 Å². The molecule has 1 aliphatic rings. The molecule has 132 valence electrons. The van der Waals surface area contributed by atoms with Crippen LogP contribution in [-0.2, 0) is 0 Å². The van der Waals surface area contributed by atoms with Crippen LogP contribution in [0.3, 0.4) is 0 Å². The highest BCUT2D eigenvalue weighted by Gasteiger charge is 2.28. The minimum absolute atomic E-state index is 0.146. The summed E-state index contributed by atoms with van der Waals surface area (Å²) >= 11 is 5.82. The van der Waals surface area contributed by atoms with Gasteiger partial charge in [-0.25, -0.2) is 13.5 Å². The Morgan fingerprint density at radius 1 is 1.15 bits per heavy atom. The van der Waals surface area contributed by atoms with Crippen LogP contribution in [0.4, 0.5) is 14.5 Å². The monoisotopic (exact) mass is 375 g/mol. The molecule has 0 unspecified atom stereocenters. The highest BCUT2D eigenvalue weighted by molar-refractivity contribution is 6.34. The van der Waals surface area contributed by atoms with E-state index < -0.39 is 17.5 Å². The number of carbonyl (C=O) groups excluding carboxylic acids is 1. The Bertz CT molecular complexity index is 985. The Labute approximate surface area is 151 Å². The number of benzene rings is 2. The predicted molar refractivity (Wildman–Crippen MR) is 90.8 cm³/mol. The van der Waals surface area contributed by atoms with Crippen molar-refractivity contribution in [1.29, 1.82) is 0 Å². The van der Waals surface area contributed by atoms with Crippen molar-refractivity contribution in [3.8, 4) is 11.4 Å². The van der Waals surface area contributed by atoms with Crippen molar-refractivity contribution >= 4 is 23.2 Å². The van der Waals surface area contributed by atoms with Crippen LogP contribution in [-0.4, -0.2) is 26.1 Å². The molecule has 9 heteroatoms. The number of aromatic nitrogens is 4. The van der Waals surface area contributed by atoms with Crippen molar-refractivity contribution in [3.05, 3.63) is 58.6 Å². The van der Waals surface area contributed by atoms with Crippen molar-refractivity contribution in [2.45, 2.75) is 18.9 Å². The summed E-state index contributed by atoms with van der Waals surface area (Å²) in [6, 6.07) is 8.77. The van der Waals surface area contributed by atoms with Crippen LogP contribution in [0.15, 0.2) is 36.4 Å². The minimum atomic E-state index is -1.14.